The van der Waals surface area contributed by atoms with Crippen LogP contribution in [0.2, 0.25) is 0 Å². The number of rotatable bonds is 12. The molecule has 0 aromatic carbocycles. The van der Waals surface area contributed by atoms with Crippen molar-refractivity contribution in [3.8, 4) is 0 Å². The van der Waals surface area contributed by atoms with Gasteiger partial charge in [-0.2, -0.15) is 8.42 Å². The molecule has 0 saturated carbocycles. The molecule has 1 aliphatic heterocycles. The number of aliphatic carboxylic acids is 2. The minimum atomic E-state index is -4.76. The highest BCUT2D eigenvalue weighted by Gasteiger charge is 2.51. The van der Waals surface area contributed by atoms with Gasteiger partial charge in [-0.1, -0.05) is 5.16 Å². The van der Waals surface area contributed by atoms with Crippen LogP contribution < -0.4 is 27.8 Å². The highest BCUT2D eigenvalue weighted by molar-refractivity contribution is 7.84. The van der Waals surface area contributed by atoms with Crippen molar-refractivity contribution in [3.63, 3.8) is 0 Å². The lowest BCUT2D eigenvalue weighted by Gasteiger charge is -2.42. The summed E-state index contributed by atoms with van der Waals surface area (Å²) in [5, 5.41) is 34.0. The Kier molecular flexibility index (Phi) is 11.7. The average molecular weight is 610 g/mol. The number of aromatic nitrogens is 1. The summed E-state index contributed by atoms with van der Waals surface area (Å²) < 4.78 is 31.4. The number of nitrogen functional groups attached to an aromatic ring is 1. The largest absolute Gasteiger partial charge is 0.480 e. The van der Waals surface area contributed by atoms with E-state index < -0.39 is 63.5 Å². The standard InChI is InChI=1S/C13H17N5O8S2.C6H14N4O2/c1-5-7(10(20)18(5)28(23,24)25)16-9(19)8(6-4-27-12(14)15-6)17-26-13(2,3)11(21)22;7-4(5(11)12)2-1-3-10-6(8)9/h4-5,7H,1-3H3,(H2,14,15)(H,16,19)(H,21,22)(H,23,24,25);4H,1-3,7H2,(H,11,12)(H4,8,9,10)/b17-8-;/t5-,7-;/m0./s1. The van der Waals surface area contributed by atoms with Crippen LogP contribution in [0.25, 0.3) is 0 Å². The van der Waals surface area contributed by atoms with Gasteiger partial charge in [-0.25, -0.2) is 14.1 Å². The molecule has 0 radical (unpaired) electrons. The van der Waals surface area contributed by atoms with Crippen LogP contribution in [0.5, 0.6) is 0 Å². The molecular weight excluding hydrogens is 578 g/mol. The summed E-state index contributed by atoms with van der Waals surface area (Å²) in [7, 11) is -4.76. The minimum Gasteiger partial charge on any atom is -0.480 e. The number of nitrogens with zero attached hydrogens (tertiary/aromatic N) is 3. The molecule has 21 heteroatoms. The van der Waals surface area contributed by atoms with Crippen LogP contribution in [0, 0.1) is 5.41 Å². The Morgan fingerprint density at radius 2 is 1.95 bits per heavy atom. The van der Waals surface area contributed by atoms with E-state index in [1.165, 1.54) is 26.2 Å². The molecule has 1 aromatic rings. The van der Waals surface area contributed by atoms with E-state index in [1.807, 2.05) is 0 Å². The van der Waals surface area contributed by atoms with E-state index in [0.29, 0.717) is 19.4 Å². The summed E-state index contributed by atoms with van der Waals surface area (Å²) in [5.41, 5.74) is 13.5. The number of hydrogen-bond acceptors (Lipinski definition) is 13. The topological polar surface area (TPSA) is 327 Å². The average Bonchev–Trinajstić information content (AvgIpc) is 3.25. The molecule has 2 heterocycles. The number of amides is 2. The molecule has 2 rings (SSSR count). The maximum Gasteiger partial charge on any atom is 0.362 e. The van der Waals surface area contributed by atoms with Crippen molar-refractivity contribution in [2.45, 2.75) is 57.3 Å². The molecular formula is C19H31N9O10S2. The van der Waals surface area contributed by atoms with Crippen molar-refractivity contribution in [1.29, 1.82) is 5.41 Å². The van der Waals surface area contributed by atoms with Crippen LogP contribution in [-0.2, 0) is 34.3 Å². The Labute approximate surface area is 232 Å². The zero-order valence-corrected chi connectivity index (χ0v) is 23.2. The van der Waals surface area contributed by atoms with E-state index >= 15 is 0 Å². The highest BCUT2D eigenvalue weighted by atomic mass is 32.2. The van der Waals surface area contributed by atoms with Crippen molar-refractivity contribution in [2.75, 3.05) is 12.3 Å². The quantitative estimate of drug-likeness (QED) is 0.0295. The molecule has 2 amide bonds. The van der Waals surface area contributed by atoms with Gasteiger partial charge < -0.3 is 42.9 Å². The van der Waals surface area contributed by atoms with Gasteiger partial charge in [0.15, 0.2) is 16.8 Å². The molecule has 1 saturated heterocycles. The molecule has 1 fully saturated rings. The number of nitrogens with one attached hydrogen (secondary N) is 3. The van der Waals surface area contributed by atoms with Gasteiger partial charge in [0.1, 0.15) is 17.8 Å². The van der Waals surface area contributed by atoms with Crippen LogP contribution in [0.15, 0.2) is 10.5 Å². The molecule has 0 bridgehead atoms. The van der Waals surface area contributed by atoms with Crippen molar-refractivity contribution in [3.05, 3.63) is 11.1 Å². The number of carboxylic acids is 2. The summed E-state index contributed by atoms with van der Waals surface area (Å²) in [5.74, 6) is -4.49. The molecule has 40 heavy (non-hydrogen) atoms. The number of carbonyl (C=O) groups excluding carboxylic acids is 2. The molecule has 12 N–H and O–H groups in total. The third-order valence-electron chi connectivity index (χ3n) is 5.06. The maximum atomic E-state index is 12.6. The Morgan fingerprint density at radius 3 is 2.38 bits per heavy atom. The van der Waals surface area contributed by atoms with Gasteiger partial charge in [0.25, 0.3) is 11.8 Å². The second kappa shape index (κ2) is 13.8. The summed E-state index contributed by atoms with van der Waals surface area (Å²) in [6, 6.07) is -3.13. The number of anilines is 1. The number of oxime groups is 1. The fourth-order valence-electron chi connectivity index (χ4n) is 2.78. The lowest BCUT2D eigenvalue weighted by molar-refractivity contribution is -0.161. The van der Waals surface area contributed by atoms with Crippen LogP contribution in [-0.4, -0.2) is 98.2 Å². The molecule has 0 spiro atoms. The molecule has 224 valence electrons. The van der Waals surface area contributed by atoms with Crippen LogP contribution in [0.3, 0.4) is 0 Å². The van der Waals surface area contributed by atoms with Crippen molar-refractivity contribution in [2.24, 2.45) is 16.6 Å². The minimum absolute atomic E-state index is 0.0350. The predicted molar refractivity (Wildman–Crippen MR) is 140 cm³/mol. The van der Waals surface area contributed by atoms with Crippen LogP contribution in [0.1, 0.15) is 39.3 Å². The fraction of sp³-hybridized carbons (Fsp3) is 0.526. The van der Waals surface area contributed by atoms with Crippen molar-refractivity contribution >= 4 is 62.2 Å². The lowest BCUT2D eigenvalue weighted by Crippen LogP contribution is -2.71. The Hall–Kier alpha value is -4.08. The number of hydrogen-bond donors (Lipinski definition) is 9. The van der Waals surface area contributed by atoms with Crippen molar-refractivity contribution in [1.82, 2.24) is 19.9 Å². The number of carboxylic acid groups (broad SMARTS) is 2. The molecule has 0 aliphatic carbocycles. The summed E-state index contributed by atoms with van der Waals surface area (Å²) >= 11 is 0.980. The number of carbonyl (C=O) groups is 4. The summed E-state index contributed by atoms with van der Waals surface area (Å²) in [4.78, 5) is 54.6. The number of thiazole rings is 1. The fourth-order valence-corrected chi connectivity index (χ4v) is 4.21. The molecule has 19 nitrogen and oxygen atoms in total. The third-order valence-corrected chi connectivity index (χ3v) is 6.74. The van der Waals surface area contributed by atoms with Gasteiger partial charge in [-0.3, -0.25) is 24.3 Å². The lowest BCUT2D eigenvalue weighted by atomic mass is 10.0. The Balaban J connectivity index is 0.000000562. The number of nitrogens with two attached hydrogens (primary N) is 3. The zero-order valence-electron chi connectivity index (χ0n) is 21.5. The van der Waals surface area contributed by atoms with Gasteiger partial charge >= 0.3 is 22.2 Å². The van der Waals surface area contributed by atoms with E-state index in [2.05, 4.69) is 20.8 Å². The third kappa shape index (κ3) is 9.59. The van der Waals surface area contributed by atoms with Gasteiger partial charge in [-0.15, -0.1) is 11.3 Å². The van der Waals surface area contributed by atoms with Gasteiger partial charge in [-0.05, 0) is 33.6 Å². The summed E-state index contributed by atoms with van der Waals surface area (Å²) in [6.07, 6.45) is 0.975. The van der Waals surface area contributed by atoms with Crippen LogP contribution in [0.4, 0.5) is 5.13 Å². The number of guanidine groups is 1. The van der Waals surface area contributed by atoms with Gasteiger partial charge in [0, 0.05) is 11.9 Å². The first-order valence-corrected chi connectivity index (χ1v) is 13.5. The molecule has 1 aliphatic rings. The van der Waals surface area contributed by atoms with E-state index in [9.17, 15) is 27.6 Å². The zero-order chi connectivity index (χ0) is 31.0. The van der Waals surface area contributed by atoms with Gasteiger partial charge in [0.05, 0.1) is 6.04 Å². The van der Waals surface area contributed by atoms with E-state index in [-0.39, 0.29) is 21.1 Å². The van der Waals surface area contributed by atoms with Crippen molar-refractivity contribution < 1.29 is 47.2 Å². The SMILES string of the molecule is C[C@H]1[C@H](NC(=O)/C(=N\OC(C)(C)C(=O)O)c2csc(N)n2)C(=O)N1S(=O)(=O)O.N=C(N)NCCCC(N)C(=O)O. The first kappa shape index (κ1) is 33.9. The van der Waals surface area contributed by atoms with E-state index in [0.717, 1.165) is 11.3 Å². The van der Waals surface area contributed by atoms with E-state index in [1.54, 1.807) is 0 Å². The second-order valence-electron chi connectivity index (χ2n) is 8.65. The highest BCUT2D eigenvalue weighted by Crippen LogP contribution is 2.23. The number of β-lactam (4-membered cyclic amide) rings is 1. The normalized spacial score (nSPS) is 18.0. The van der Waals surface area contributed by atoms with E-state index in [4.69, 9.17) is 42.2 Å². The second-order valence-corrected chi connectivity index (χ2v) is 10.8. The smallest absolute Gasteiger partial charge is 0.362 e. The first-order chi connectivity index (χ1) is 18.3. The molecule has 1 unspecified atom stereocenters. The van der Waals surface area contributed by atoms with Gasteiger partial charge in [0.2, 0.25) is 5.60 Å². The Bertz CT molecular complexity index is 1260. The predicted octanol–water partition coefficient (Wildman–Crippen LogP) is -2.51. The molecule has 1 aromatic heterocycles. The first-order valence-electron chi connectivity index (χ1n) is 11.2. The Morgan fingerprint density at radius 1 is 1.35 bits per heavy atom. The maximum absolute atomic E-state index is 12.6. The monoisotopic (exact) mass is 609 g/mol. The summed E-state index contributed by atoms with van der Waals surface area (Å²) in [6.45, 7) is 4.18. The van der Waals surface area contributed by atoms with Crippen LogP contribution >= 0.6 is 11.3 Å². The molecule has 3 atom stereocenters.